The number of nitrogens with one attached hydrogen (secondary N) is 1. The average molecular weight is 310 g/mol. The quantitative estimate of drug-likeness (QED) is 0.878. The van der Waals surface area contributed by atoms with Crippen LogP contribution in [0.4, 0.5) is 13.2 Å². The standard InChI is InChI=1S/C13H15ClF3NO2/c14-11-2-1-9(3-10(11)13(15,16)17)4-18-5-12(6-19)7-20-8-12/h1-3,18-19H,4-8H2. The fraction of sp³-hybridized carbons (Fsp3) is 0.538. The molecule has 0 unspecified atom stereocenters. The van der Waals surface area contributed by atoms with Crippen molar-refractivity contribution >= 4 is 11.6 Å². The van der Waals surface area contributed by atoms with E-state index in [0.717, 1.165) is 6.07 Å². The van der Waals surface area contributed by atoms with Crippen LogP contribution in [-0.4, -0.2) is 31.5 Å². The number of hydrogen-bond acceptors (Lipinski definition) is 3. The van der Waals surface area contributed by atoms with Crippen molar-refractivity contribution in [1.82, 2.24) is 5.32 Å². The highest BCUT2D eigenvalue weighted by atomic mass is 35.5. The number of alkyl halides is 3. The Morgan fingerprint density at radius 1 is 1.35 bits per heavy atom. The second kappa shape index (κ2) is 5.89. The SMILES string of the molecule is OCC1(CNCc2ccc(Cl)c(C(F)(F)F)c2)COC1. The number of hydrogen-bond donors (Lipinski definition) is 2. The molecule has 3 nitrogen and oxygen atoms in total. The van der Waals surface area contributed by atoms with Crippen LogP contribution in [-0.2, 0) is 17.5 Å². The monoisotopic (exact) mass is 309 g/mol. The highest BCUT2D eigenvalue weighted by molar-refractivity contribution is 6.31. The summed E-state index contributed by atoms with van der Waals surface area (Å²) in [7, 11) is 0. The summed E-state index contributed by atoms with van der Waals surface area (Å²) in [6.07, 6.45) is -4.46. The Labute approximate surface area is 119 Å². The first kappa shape index (κ1) is 15.6. The minimum atomic E-state index is -4.46. The van der Waals surface area contributed by atoms with Gasteiger partial charge < -0.3 is 15.2 Å². The largest absolute Gasteiger partial charge is 0.417 e. The summed E-state index contributed by atoms with van der Waals surface area (Å²) in [5.41, 5.74) is -0.642. The van der Waals surface area contributed by atoms with E-state index in [9.17, 15) is 18.3 Å². The summed E-state index contributed by atoms with van der Waals surface area (Å²) < 4.78 is 43.2. The molecular weight excluding hydrogens is 295 g/mol. The number of ether oxygens (including phenoxy) is 1. The van der Waals surface area contributed by atoms with Crippen LogP contribution in [0.1, 0.15) is 11.1 Å². The van der Waals surface area contributed by atoms with Gasteiger partial charge in [0.15, 0.2) is 0 Å². The lowest BCUT2D eigenvalue weighted by Gasteiger charge is -2.40. The first-order valence-electron chi connectivity index (χ1n) is 6.11. The summed E-state index contributed by atoms with van der Waals surface area (Å²) in [4.78, 5) is 0. The molecule has 0 radical (unpaired) electrons. The Balaban J connectivity index is 1.96. The van der Waals surface area contributed by atoms with Crippen LogP contribution in [0.2, 0.25) is 5.02 Å². The highest BCUT2D eigenvalue weighted by Crippen LogP contribution is 2.35. The van der Waals surface area contributed by atoms with Crippen LogP contribution < -0.4 is 5.32 Å². The molecule has 0 aliphatic carbocycles. The molecule has 1 heterocycles. The van der Waals surface area contributed by atoms with E-state index in [1.807, 2.05) is 0 Å². The molecule has 7 heteroatoms. The van der Waals surface area contributed by atoms with Crippen molar-refractivity contribution in [3.8, 4) is 0 Å². The zero-order valence-corrected chi connectivity index (χ0v) is 11.4. The topological polar surface area (TPSA) is 41.5 Å². The predicted molar refractivity (Wildman–Crippen MR) is 68.5 cm³/mol. The van der Waals surface area contributed by atoms with Gasteiger partial charge in [-0.25, -0.2) is 0 Å². The summed E-state index contributed by atoms with van der Waals surface area (Å²) in [6, 6.07) is 3.83. The summed E-state index contributed by atoms with van der Waals surface area (Å²) >= 11 is 5.55. The predicted octanol–water partition coefficient (Wildman–Crippen LogP) is 2.46. The zero-order valence-electron chi connectivity index (χ0n) is 10.6. The van der Waals surface area contributed by atoms with Crippen molar-refractivity contribution in [3.63, 3.8) is 0 Å². The fourth-order valence-corrected chi connectivity index (χ4v) is 2.24. The Morgan fingerprint density at radius 2 is 2.05 bits per heavy atom. The maximum atomic E-state index is 12.7. The van der Waals surface area contributed by atoms with E-state index in [1.165, 1.54) is 6.07 Å². The third-order valence-electron chi connectivity index (χ3n) is 3.32. The molecule has 1 aromatic carbocycles. The van der Waals surface area contributed by atoms with Gasteiger partial charge >= 0.3 is 6.18 Å². The van der Waals surface area contributed by atoms with Crippen LogP contribution in [0, 0.1) is 5.41 Å². The van der Waals surface area contributed by atoms with Gasteiger partial charge in [-0.15, -0.1) is 0 Å². The van der Waals surface area contributed by atoms with Crippen molar-refractivity contribution in [2.45, 2.75) is 12.7 Å². The minimum Gasteiger partial charge on any atom is -0.396 e. The van der Waals surface area contributed by atoms with E-state index in [4.69, 9.17) is 16.3 Å². The van der Waals surface area contributed by atoms with Gasteiger partial charge in [-0.2, -0.15) is 13.2 Å². The summed E-state index contributed by atoms with van der Waals surface area (Å²) in [5.74, 6) is 0. The second-order valence-electron chi connectivity index (χ2n) is 5.07. The van der Waals surface area contributed by atoms with Gasteiger partial charge in [-0.05, 0) is 17.7 Å². The molecular formula is C13H15ClF3NO2. The molecule has 1 fully saturated rings. The van der Waals surface area contributed by atoms with Gasteiger partial charge in [0.2, 0.25) is 0 Å². The van der Waals surface area contributed by atoms with Crippen LogP contribution in [0.15, 0.2) is 18.2 Å². The third-order valence-corrected chi connectivity index (χ3v) is 3.65. The van der Waals surface area contributed by atoms with E-state index in [1.54, 1.807) is 6.07 Å². The summed E-state index contributed by atoms with van der Waals surface area (Å²) in [5, 5.41) is 12.0. The number of benzene rings is 1. The normalized spacial score (nSPS) is 17.9. The lowest BCUT2D eigenvalue weighted by Crippen LogP contribution is -2.52. The lowest BCUT2D eigenvalue weighted by atomic mass is 9.87. The Bertz CT molecular complexity index is 470. The average Bonchev–Trinajstić information content (AvgIpc) is 2.33. The maximum Gasteiger partial charge on any atom is 0.417 e. The molecule has 20 heavy (non-hydrogen) atoms. The molecule has 1 aliphatic rings. The molecule has 2 rings (SSSR count). The van der Waals surface area contributed by atoms with E-state index in [-0.39, 0.29) is 23.6 Å². The second-order valence-corrected chi connectivity index (χ2v) is 5.47. The number of aliphatic hydroxyl groups excluding tert-OH is 1. The van der Waals surface area contributed by atoms with Crippen molar-refractivity contribution in [2.24, 2.45) is 5.41 Å². The Morgan fingerprint density at radius 3 is 2.55 bits per heavy atom. The van der Waals surface area contributed by atoms with Gasteiger partial charge in [-0.1, -0.05) is 17.7 Å². The molecule has 0 saturated carbocycles. The van der Waals surface area contributed by atoms with Crippen molar-refractivity contribution in [1.29, 1.82) is 0 Å². The van der Waals surface area contributed by atoms with Crippen LogP contribution in [0.5, 0.6) is 0 Å². The van der Waals surface area contributed by atoms with Gasteiger partial charge in [0, 0.05) is 13.1 Å². The van der Waals surface area contributed by atoms with E-state index in [0.29, 0.717) is 25.3 Å². The molecule has 0 amide bonds. The Hall–Kier alpha value is -0.820. The van der Waals surface area contributed by atoms with E-state index >= 15 is 0 Å². The van der Waals surface area contributed by atoms with Crippen LogP contribution in [0.25, 0.3) is 0 Å². The lowest BCUT2D eigenvalue weighted by molar-refractivity contribution is -0.137. The molecule has 0 bridgehead atoms. The van der Waals surface area contributed by atoms with E-state index < -0.39 is 11.7 Å². The third kappa shape index (κ3) is 3.44. The number of halogens is 4. The smallest absolute Gasteiger partial charge is 0.396 e. The van der Waals surface area contributed by atoms with E-state index in [2.05, 4.69) is 5.32 Å². The van der Waals surface area contributed by atoms with Gasteiger partial charge in [0.25, 0.3) is 0 Å². The van der Waals surface area contributed by atoms with Crippen LogP contribution in [0.3, 0.4) is 0 Å². The van der Waals surface area contributed by atoms with Crippen LogP contribution >= 0.6 is 11.6 Å². The van der Waals surface area contributed by atoms with Gasteiger partial charge in [-0.3, -0.25) is 0 Å². The fourth-order valence-electron chi connectivity index (χ4n) is 2.01. The maximum absolute atomic E-state index is 12.7. The van der Waals surface area contributed by atoms with Crippen molar-refractivity contribution in [3.05, 3.63) is 34.3 Å². The molecule has 0 aromatic heterocycles. The summed E-state index contributed by atoms with van der Waals surface area (Å²) in [6.45, 7) is 1.69. The molecule has 1 aromatic rings. The first-order valence-corrected chi connectivity index (χ1v) is 6.49. The van der Waals surface area contributed by atoms with Gasteiger partial charge in [0.05, 0.1) is 35.8 Å². The minimum absolute atomic E-state index is 0.00554. The molecule has 112 valence electrons. The number of rotatable bonds is 5. The highest BCUT2D eigenvalue weighted by Gasteiger charge is 2.37. The van der Waals surface area contributed by atoms with Crippen molar-refractivity contribution in [2.75, 3.05) is 26.4 Å². The first-order chi connectivity index (χ1) is 9.36. The number of aliphatic hydroxyl groups is 1. The molecule has 1 aliphatic heterocycles. The molecule has 0 atom stereocenters. The molecule has 2 N–H and O–H groups in total. The molecule has 0 spiro atoms. The Kier molecular flexibility index (Phi) is 4.59. The molecule has 1 saturated heterocycles. The van der Waals surface area contributed by atoms with Crippen molar-refractivity contribution < 1.29 is 23.0 Å². The zero-order chi connectivity index (χ0) is 14.8. The van der Waals surface area contributed by atoms with Gasteiger partial charge in [0.1, 0.15) is 0 Å².